The van der Waals surface area contributed by atoms with Gasteiger partial charge in [-0.3, -0.25) is 10.0 Å². The second kappa shape index (κ2) is 17.0. The highest BCUT2D eigenvalue weighted by Crippen LogP contribution is 2.21. The molecule has 4 aromatic carbocycles. The smallest absolute Gasteiger partial charge is 0.173 e. The lowest BCUT2D eigenvalue weighted by Gasteiger charge is -2.12. The molecule has 0 aliphatic rings. The van der Waals surface area contributed by atoms with Crippen LogP contribution >= 0.6 is 0 Å². The molecule has 5 nitrogen and oxygen atoms in total. The van der Waals surface area contributed by atoms with Crippen LogP contribution in [0.5, 0.6) is 0 Å². The molecule has 0 bridgehead atoms. The Morgan fingerprint density at radius 1 is 0.660 bits per heavy atom. The molecule has 1 aromatic heterocycles. The van der Waals surface area contributed by atoms with E-state index in [-0.39, 0.29) is 0 Å². The number of hydrazone groups is 2. The number of pyridine rings is 1. The van der Waals surface area contributed by atoms with Gasteiger partial charge in [-0.2, -0.15) is 10.2 Å². The summed E-state index contributed by atoms with van der Waals surface area (Å²) in [6.45, 7) is 2.83. The van der Waals surface area contributed by atoms with Crippen LogP contribution in [0.4, 0.5) is 11.4 Å². The van der Waals surface area contributed by atoms with Gasteiger partial charge in [0, 0.05) is 37.4 Å². The van der Waals surface area contributed by atoms with Gasteiger partial charge >= 0.3 is 0 Å². The van der Waals surface area contributed by atoms with Gasteiger partial charge in [0.25, 0.3) is 0 Å². The summed E-state index contributed by atoms with van der Waals surface area (Å²) in [7, 11) is 3.91. The van der Waals surface area contributed by atoms with E-state index in [1.807, 2.05) is 110 Å². The standard InChI is InChI=1S/C42H42N5/c1-4-13-36(32-43-45(2)41-16-7-5-8-17-41)15-12-11-14-35-20-24-39(25-21-35)40-26-22-38(23-27-40)34-47-30-28-37(29-31-47)33-44-46(3)42-18-9-6-10-19-42/h4-13,15-33H,14,34H2,1-3H3/q+1/b12-11+,13-4-,36-15+,43-32+. The van der Waals surface area contributed by atoms with E-state index in [1.165, 1.54) is 22.3 Å². The number of nitrogens with zero attached hydrogens (tertiary/aromatic N) is 5. The maximum atomic E-state index is 4.59. The maximum absolute atomic E-state index is 4.59. The third-order valence-corrected chi connectivity index (χ3v) is 7.68. The van der Waals surface area contributed by atoms with Gasteiger partial charge in [0.1, 0.15) is 0 Å². The molecule has 0 unspecified atom stereocenters. The Bertz CT molecular complexity index is 1820. The van der Waals surface area contributed by atoms with Crippen LogP contribution in [0.3, 0.4) is 0 Å². The summed E-state index contributed by atoms with van der Waals surface area (Å²) < 4.78 is 2.18. The molecule has 5 rings (SSSR count). The number of anilines is 2. The minimum absolute atomic E-state index is 0.812. The zero-order chi connectivity index (χ0) is 32.7. The van der Waals surface area contributed by atoms with E-state index in [2.05, 4.69) is 112 Å². The molecule has 0 amide bonds. The first kappa shape index (κ1) is 32.6. The second-order valence-electron chi connectivity index (χ2n) is 11.2. The molecular weight excluding hydrogens is 574 g/mol. The van der Waals surface area contributed by atoms with Gasteiger partial charge in [0.2, 0.25) is 0 Å². The molecule has 1 heterocycles. The lowest BCUT2D eigenvalue weighted by atomic mass is 10.0. The first-order valence-electron chi connectivity index (χ1n) is 15.9. The molecule has 0 radical (unpaired) electrons. The Kier molecular flexibility index (Phi) is 11.8. The van der Waals surface area contributed by atoms with Crippen LogP contribution in [0.15, 0.2) is 180 Å². The van der Waals surface area contributed by atoms with Crippen molar-refractivity contribution >= 4 is 23.8 Å². The van der Waals surface area contributed by atoms with Crippen molar-refractivity contribution < 1.29 is 4.57 Å². The van der Waals surface area contributed by atoms with Crippen molar-refractivity contribution in [2.45, 2.75) is 19.9 Å². The second-order valence-corrected chi connectivity index (χ2v) is 11.2. The summed E-state index contributed by atoms with van der Waals surface area (Å²) in [5, 5.41) is 12.9. The van der Waals surface area contributed by atoms with Gasteiger partial charge in [0.15, 0.2) is 18.9 Å². The number of para-hydroxylation sites is 2. The summed E-state index contributed by atoms with van der Waals surface area (Å²) in [4.78, 5) is 0. The zero-order valence-electron chi connectivity index (χ0n) is 27.4. The van der Waals surface area contributed by atoms with Crippen molar-refractivity contribution in [2.75, 3.05) is 24.1 Å². The first-order valence-corrected chi connectivity index (χ1v) is 15.9. The highest BCUT2D eigenvalue weighted by Gasteiger charge is 2.05. The number of rotatable bonds is 13. The Morgan fingerprint density at radius 3 is 1.79 bits per heavy atom. The Hall–Kier alpha value is -5.81. The SMILES string of the molecule is C\C=C/C(/C=N/N(C)c1ccccc1)=C\C=C\Cc1ccc(-c2ccc(C[n+]3ccc(/C=N/N(C)c4ccccc4)cc3)cc2)cc1. The summed E-state index contributed by atoms with van der Waals surface area (Å²) in [5.74, 6) is 0. The van der Waals surface area contributed by atoms with Crippen LogP contribution in [0, 0.1) is 0 Å². The van der Waals surface area contributed by atoms with Crippen LogP contribution in [-0.2, 0) is 13.0 Å². The summed E-state index contributed by atoms with van der Waals surface area (Å²) in [6.07, 6.45) is 19.3. The number of hydrogen-bond donors (Lipinski definition) is 0. The van der Waals surface area contributed by atoms with Crippen LogP contribution in [0.1, 0.15) is 23.6 Å². The molecule has 0 aliphatic carbocycles. The largest absolute Gasteiger partial charge is 0.269 e. The highest BCUT2D eigenvalue weighted by atomic mass is 15.4. The Morgan fingerprint density at radius 2 is 1.21 bits per heavy atom. The van der Waals surface area contributed by atoms with Crippen molar-refractivity contribution in [1.29, 1.82) is 0 Å². The van der Waals surface area contributed by atoms with Gasteiger partial charge in [-0.1, -0.05) is 115 Å². The minimum atomic E-state index is 0.812. The maximum Gasteiger partial charge on any atom is 0.173 e. The molecule has 234 valence electrons. The van der Waals surface area contributed by atoms with Gasteiger partial charge in [-0.25, -0.2) is 4.57 Å². The third-order valence-electron chi connectivity index (χ3n) is 7.68. The molecule has 5 heteroatoms. The van der Waals surface area contributed by atoms with E-state index in [9.17, 15) is 0 Å². The molecular formula is C42H42N5+. The molecule has 0 N–H and O–H groups in total. The molecule has 0 saturated carbocycles. The number of aromatic nitrogens is 1. The van der Waals surface area contributed by atoms with Crippen LogP contribution in [-0.4, -0.2) is 26.5 Å². The lowest BCUT2D eigenvalue weighted by Crippen LogP contribution is -2.33. The average molecular weight is 617 g/mol. The summed E-state index contributed by atoms with van der Waals surface area (Å²) in [5.41, 5.74) is 9.17. The summed E-state index contributed by atoms with van der Waals surface area (Å²) >= 11 is 0. The van der Waals surface area contributed by atoms with E-state index in [4.69, 9.17) is 0 Å². The molecule has 47 heavy (non-hydrogen) atoms. The van der Waals surface area contributed by atoms with Gasteiger partial charge in [-0.05, 0) is 59.9 Å². The van der Waals surface area contributed by atoms with Crippen molar-refractivity contribution in [1.82, 2.24) is 0 Å². The van der Waals surface area contributed by atoms with Gasteiger partial charge in [0.05, 0.1) is 23.8 Å². The quantitative estimate of drug-likeness (QED) is 0.0573. The van der Waals surface area contributed by atoms with E-state index < -0.39 is 0 Å². The van der Waals surface area contributed by atoms with Crippen LogP contribution < -0.4 is 14.6 Å². The van der Waals surface area contributed by atoms with Crippen molar-refractivity contribution in [2.24, 2.45) is 10.2 Å². The average Bonchev–Trinajstić information content (AvgIpc) is 3.13. The molecule has 0 atom stereocenters. The normalized spacial score (nSPS) is 12.1. The molecule has 0 saturated heterocycles. The molecule has 0 aliphatic heterocycles. The van der Waals surface area contributed by atoms with Crippen molar-refractivity contribution in [3.8, 4) is 11.1 Å². The molecule has 0 spiro atoms. The minimum Gasteiger partial charge on any atom is -0.269 e. The Labute approximate surface area is 279 Å². The number of benzene rings is 4. The zero-order valence-corrected chi connectivity index (χ0v) is 27.4. The monoisotopic (exact) mass is 616 g/mol. The summed E-state index contributed by atoms with van der Waals surface area (Å²) in [6, 6.07) is 42.1. The van der Waals surface area contributed by atoms with Crippen LogP contribution in [0.2, 0.25) is 0 Å². The number of allylic oxidation sites excluding steroid dienone is 6. The predicted molar refractivity (Wildman–Crippen MR) is 199 cm³/mol. The first-order chi connectivity index (χ1) is 23.1. The van der Waals surface area contributed by atoms with Crippen molar-refractivity contribution in [3.63, 3.8) is 0 Å². The van der Waals surface area contributed by atoms with E-state index in [1.54, 1.807) is 0 Å². The van der Waals surface area contributed by atoms with Crippen LogP contribution in [0.25, 0.3) is 11.1 Å². The van der Waals surface area contributed by atoms with Gasteiger partial charge < -0.3 is 0 Å². The topological polar surface area (TPSA) is 35.1 Å². The van der Waals surface area contributed by atoms with E-state index >= 15 is 0 Å². The number of hydrogen-bond acceptors (Lipinski definition) is 4. The fourth-order valence-electron chi connectivity index (χ4n) is 4.95. The predicted octanol–water partition coefficient (Wildman–Crippen LogP) is 8.88. The molecule has 0 fully saturated rings. The van der Waals surface area contributed by atoms with Crippen molar-refractivity contribution in [3.05, 3.63) is 186 Å². The third kappa shape index (κ3) is 10.1. The molecule has 5 aromatic rings. The highest BCUT2D eigenvalue weighted by molar-refractivity contribution is 5.83. The van der Waals surface area contributed by atoms with E-state index in [0.29, 0.717) is 0 Å². The fourth-order valence-corrected chi connectivity index (χ4v) is 4.95. The van der Waals surface area contributed by atoms with E-state index in [0.717, 1.165) is 35.5 Å². The fraction of sp³-hybridized carbons (Fsp3) is 0.119. The Balaban J connectivity index is 1.12. The van der Waals surface area contributed by atoms with Gasteiger partial charge in [-0.15, -0.1) is 0 Å². The lowest BCUT2D eigenvalue weighted by molar-refractivity contribution is -0.688.